The first-order valence-electron chi connectivity index (χ1n) is 9.00. The van der Waals surface area contributed by atoms with Gasteiger partial charge in [-0.15, -0.1) is 5.10 Å². The normalized spacial score (nSPS) is 11.6. The summed E-state index contributed by atoms with van der Waals surface area (Å²) < 4.78 is 27.6. The molecule has 9 nitrogen and oxygen atoms in total. The predicted molar refractivity (Wildman–Crippen MR) is 115 cm³/mol. The summed E-state index contributed by atoms with van der Waals surface area (Å²) in [5.41, 5.74) is 2.85. The van der Waals surface area contributed by atoms with E-state index in [1.807, 2.05) is 31.2 Å². The van der Waals surface area contributed by atoms with Gasteiger partial charge in [0.25, 0.3) is 0 Å². The zero-order chi connectivity index (χ0) is 21.9. The van der Waals surface area contributed by atoms with Crippen molar-refractivity contribution < 1.29 is 13.2 Å². The number of tetrazole rings is 1. The number of aryl methyl sites for hydroxylation is 2. The fourth-order valence-corrected chi connectivity index (χ4v) is 4.53. The molecule has 0 fully saturated rings. The summed E-state index contributed by atoms with van der Waals surface area (Å²) in [6, 6.07) is 12.5. The second-order valence-electron chi connectivity index (χ2n) is 6.76. The van der Waals surface area contributed by atoms with Gasteiger partial charge >= 0.3 is 0 Å². The van der Waals surface area contributed by atoms with Crippen molar-refractivity contribution >= 4 is 33.4 Å². The molecule has 0 saturated carbocycles. The lowest BCUT2D eigenvalue weighted by Gasteiger charge is -2.15. The molecule has 158 valence electrons. The number of nitrogens with one attached hydrogen (secondary N) is 1. The molecule has 1 heterocycles. The van der Waals surface area contributed by atoms with Gasteiger partial charge in [-0.3, -0.25) is 4.79 Å². The van der Waals surface area contributed by atoms with Crippen molar-refractivity contribution in [2.45, 2.75) is 23.9 Å². The Morgan fingerprint density at radius 1 is 1.13 bits per heavy atom. The molecular formula is C19H22N6O3S2. The quantitative estimate of drug-likeness (QED) is 0.554. The Hall–Kier alpha value is -2.76. The van der Waals surface area contributed by atoms with E-state index in [1.165, 1.54) is 31.9 Å². The smallest absolute Gasteiger partial charge is 0.242 e. The molecule has 3 aromatic rings. The zero-order valence-corrected chi connectivity index (χ0v) is 18.7. The highest BCUT2D eigenvalue weighted by Gasteiger charge is 2.20. The molecule has 1 aromatic heterocycles. The van der Waals surface area contributed by atoms with Crippen LogP contribution in [0.15, 0.2) is 52.5 Å². The average Bonchev–Trinajstić information content (AvgIpc) is 3.16. The molecule has 30 heavy (non-hydrogen) atoms. The van der Waals surface area contributed by atoms with Crippen molar-refractivity contribution in [2.75, 3.05) is 25.2 Å². The standard InChI is InChI=1S/C19H22N6O3S2/c1-13-7-5-6-8-16(13)25-19(21-22-23-25)29-12-18(26)20-15-10-9-14(2)17(11-15)30(27,28)24(3)4/h5-11H,12H2,1-4H3,(H,20,26). The van der Waals surface area contributed by atoms with Gasteiger partial charge in [0, 0.05) is 19.8 Å². The van der Waals surface area contributed by atoms with Crippen LogP contribution in [0.2, 0.25) is 0 Å². The number of carbonyl (C=O) groups is 1. The van der Waals surface area contributed by atoms with Crippen molar-refractivity contribution in [1.82, 2.24) is 24.5 Å². The lowest BCUT2D eigenvalue weighted by Crippen LogP contribution is -2.23. The third-order valence-corrected chi connectivity index (χ3v) is 7.22. The van der Waals surface area contributed by atoms with Crippen LogP contribution >= 0.6 is 11.8 Å². The minimum atomic E-state index is -3.61. The maximum absolute atomic E-state index is 12.5. The lowest BCUT2D eigenvalue weighted by atomic mass is 10.2. The van der Waals surface area contributed by atoms with E-state index in [0.29, 0.717) is 16.4 Å². The second kappa shape index (κ2) is 8.94. The summed E-state index contributed by atoms with van der Waals surface area (Å²) in [6.07, 6.45) is 0. The summed E-state index contributed by atoms with van der Waals surface area (Å²) in [5.74, 6) is -0.230. The minimum Gasteiger partial charge on any atom is -0.325 e. The van der Waals surface area contributed by atoms with Crippen LogP contribution in [0.5, 0.6) is 0 Å². The van der Waals surface area contributed by atoms with Crippen LogP contribution < -0.4 is 5.32 Å². The molecule has 1 N–H and O–H groups in total. The topological polar surface area (TPSA) is 110 Å². The first kappa shape index (κ1) is 21.9. The number of sulfonamides is 1. The van der Waals surface area contributed by atoms with Crippen LogP contribution in [0.25, 0.3) is 5.69 Å². The summed E-state index contributed by atoms with van der Waals surface area (Å²) in [7, 11) is -0.672. The number of para-hydroxylation sites is 1. The fourth-order valence-electron chi connectivity index (χ4n) is 2.70. The van der Waals surface area contributed by atoms with Gasteiger partial charge in [0.15, 0.2) is 0 Å². The molecule has 0 aliphatic rings. The molecule has 3 rings (SSSR count). The number of nitrogens with zero attached hydrogens (tertiary/aromatic N) is 5. The SMILES string of the molecule is Cc1ccccc1-n1nnnc1SCC(=O)Nc1ccc(C)c(S(=O)(=O)N(C)C)c1. The minimum absolute atomic E-state index is 0.0654. The fraction of sp³-hybridized carbons (Fsp3) is 0.263. The molecule has 0 unspecified atom stereocenters. The maximum Gasteiger partial charge on any atom is 0.242 e. The molecule has 0 radical (unpaired) electrons. The van der Waals surface area contributed by atoms with Crippen molar-refractivity contribution in [3.8, 4) is 5.69 Å². The second-order valence-corrected chi connectivity index (χ2v) is 9.83. The number of aromatic nitrogens is 4. The lowest BCUT2D eigenvalue weighted by molar-refractivity contribution is -0.113. The van der Waals surface area contributed by atoms with Crippen molar-refractivity contribution in [1.29, 1.82) is 0 Å². The van der Waals surface area contributed by atoms with Gasteiger partial charge in [-0.2, -0.15) is 4.68 Å². The van der Waals surface area contributed by atoms with E-state index in [1.54, 1.807) is 23.7 Å². The third-order valence-electron chi connectivity index (χ3n) is 4.35. The Morgan fingerprint density at radius 2 is 1.87 bits per heavy atom. The van der Waals surface area contributed by atoms with Gasteiger partial charge in [0.05, 0.1) is 16.3 Å². The van der Waals surface area contributed by atoms with E-state index in [0.717, 1.165) is 15.6 Å². The summed E-state index contributed by atoms with van der Waals surface area (Å²) >= 11 is 1.19. The Morgan fingerprint density at radius 3 is 2.57 bits per heavy atom. The molecule has 0 saturated heterocycles. The molecule has 2 aromatic carbocycles. The monoisotopic (exact) mass is 446 g/mol. The van der Waals surface area contributed by atoms with Crippen LogP contribution in [-0.4, -0.2) is 58.7 Å². The van der Waals surface area contributed by atoms with E-state index in [2.05, 4.69) is 20.8 Å². The molecule has 0 atom stereocenters. The zero-order valence-electron chi connectivity index (χ0n) is 17.0. The Labute approximate surface area is 179 Å². The summed E-state index contributed by atoms with van der Waals surface area (Å²) in [6.45, 7) is 3.66. The van der Waals surface area contributed by atoms with Gasteiger partial charge in [0.2, 0.25) is 21.1 Å². The molecule has 0 bridgehead atoms. The van der Waals surface area contributed by atoms with Gasteiger partial charge in [-0.1, -0.05) is 36.0 Å². The van der Waals surface area contributed by atoms with Crippen molar-refractivity contribution in [3.63, 3.8) is 0 Å². The number of anilines is 1. The van der Waals surface area contributed by atoms with E-state index < -0.39 is 10.0 Å². The number of benzene rings is 2. The number of rotatable bonds is 7. The van der Waals surface area contributed by atoms with E-state index >= 15 is 0 Å². The molecule has 0 aliphatic carbocycles. The highest BCUT2D eigenvalue weighted by atomic mass is 32.2. The molecule has 0 spiro atoms. The molecule has 1 amide bonds. The van der Waals surface area contributed by atoms with E-state index in [4.69, 9.17) is 0 Å². The highest BCUT2D eigenvalue weighted by Crippen LogP contribution is 2.24. The third kappa shape index (κ3) is 4.69. The highest BCUT2D eigenvalue weighted by molar-refractivity contribution is 7.99. The van der Waals surface area contributed by atoms with Gasteiger partial charge in [0.1, 0.15) is 0 Å². The first-order chi connectivity index (χ1) is 14.2. The average molecular weight is 447 g/mol. The Balaban J connectivity index is 1.71. The van der Waals surface area contributed by atoms with Gasteiger partial charge < -0.3 is 5.32 Å². The number of carbonyl (C=O) groups excluding carboxylic acids is 1. The van der Waals surface area contributed by atoms with Gasteiger partial charge in [-0.25, -0.2) is 12.7 Å². The summed E-state index contributed by atoms with van der Waals surface area (Å²) in [4.78, 5) is 12.6. The van der Waals surface area contributed by atoms with Crippen LogP contribution in [-0.2, 0) is 14.8 Å². The van der Waals surface area contributed by atoms with Crippen LogP contribution in [0.1, 0.15) is 11.1 Å². The number of thioether (sulfide) groups is 1. The van der Waals surface area contributed by atoms with Crippen molar-refractivity contribution in [2.24, 2.45) is 0 Å². The molecular weight excluding hydrogens is 424 g/mol. The molecule has 11 heteroatoms. The van der Waals surface area contributed by atoms with Crippen LogP contribution in [0.3, 0.4) is 0 Å². The Kier molecular flexibility index (Phi) is 6.54. The Bertz CT molecular complexity index is 1170. The van der Waals surface area contributed by atoms with Crippen molar-refractivity contribution in [3.05, 3.63) is 53.6 Å². The number of amides is 1. The molecule has 0 aliphatic heterocycles. The number of hydrogen-bond acceptors (Lipinski definition) is 7. The van der Waals surface area contributed by atoms with E-state index in [-0.39, 0.29) is 16.6 Å². The first-order valence-corrected chi connectivity index (χ1v) is 11.4. The number of hydrogen-bond donors (Lipinski definition) is 1. The largest absolute Gasteiger partial charge is 0.325 e. The van der Waals surface area contributed by atoms with Crippen LogP contribution in [0.4, 0.5) is 5.69 Å². The van der Waals surface area contributed by atoms with Gasteiger partial charge in [-0.05, 0) is 53.6 Å². The van der Waals surface area contributed by atoms with E-state index in [9.17, 15) is 13.2 Å². The maximum atomic E-state index is 12.5. The predicted octanol–water partition coefficient (Wildman–Crippen LogP) is 2.26. The summed E-state index contributed by atoms with van der Waals surface area (Å²) in [5, 5.41) is 14.9. The van der Waals surface area contributed by atoms with Crippen LogP contribution in [0, 0.1) is 13.8 Å².